The van der Waals surface area contributed by atoms with E-state index in [0.29, 0.717) is 0 Å². The smallest absolute Gasteiger partial charge is 0.249 e. The number of nitrogens with zero attached hydrogens (tertiary/aromatic N) is 1. The number of rotatable bonds is 4. The average Bonchev–Trinajstić information content (AvgIpc) is 2.12. The van der Waals surface area contributed by atoms with Gasteiger partial charge in [-0.1, -0.05) is 19.9 Å². The van der Waals surface area contributed by atoms with Crippen LogP contribution in [-0.2, 0) is 9.63 Å². The van der Waals surface area contributed by atoms with Crippen LogP contribution in [0.15, 0.2) is 12.7 Å². The van der Waals surface area contributed by atoms with Crippen molar-refractivity contribution in [3.63, 3.8) is 0 Å². The third kappa shape index (κ3) is 2.66. The van der Waals surface area contributed by atoms with Gasteiger partial charge in [0.2, 0.25) is 5.91 Å². The number of carbonyl (C=O) groups is 1. The Morgan fingerprint density at radius 1 is 1.58 bits per heavy atom. The molecule has 0 aromatic heterocycles. The molecule has 2 atom stereocenters. The normalized spacial score (nSPS) is 15.0. The largest absolute Gasteiger partial charge is 0.275 e. The Morgan fingerprint density at radius 3 is 2.42 bits per heavy atom. The van der Waals surface area contributed by atoms with Gasteiger partial charge in [0.1, 0.15) is 0 Å². The van der Waals surface area contributed by atoms with Crippen molar-refractivity contribution in [2.75, 3.05) is 14.2 Å². The standard InChI is InChI=1S/C9H17NO2/c1-6-7(2)8(3)9(11)10(4)12-5/h6-8H,1H2,2-5H3/t7-,8+/m0/s1. The highest BCUT2D eigenvalue weighted by Crippen LogP contribution is 2.13. The third-order valence-electron chi connectivity index (χ3n) is 2.13. The second-order valence-electron chi connectivity index (χ2n) is 2.90. The SMILES string of the molecule is C=C[C@H](C)[C@@H](C)C(=O)N(C)OC. The molecule has 0 radical (unpaired) electrons. The van der Waals surface area contributed by atoms with Crippen molar-refractivity contribution in [2.45, 2.75) is 13.8 Å². The van der Waals surface area contributed by atoms with Crippen molar-refractivity contribution in [3.8, 4) is 0 Å². The maximum Gasteiger partial charge on any atom is 0.249 e. The lowest BCUT2D eigenvalue weighted by atomic mass is 9.95. The van der Waals surface area contributed by atoms with Crippen LogP contribution in [0.25, 0.3) is 0 Å². The first-order chi connectivity index (χ1) is 5.54. The summed E-state index contributed by atoms with van der Waals surface area (Å²) in [6.45, 7) is 7.46. The van der Waals surface area contributed by atoms with Gasteiger partial charge >= 0.3 is 0 Å². The van der Waals surface area contributed by atoms with Crippen molar-refractivity contribution in [3.05, 3.63) is 12.7 Å². The van der Waals surface area contributed by atoms with E-state index in [2.05, 4.69) is 6.58 Å². The van der Waals surface area contributed by atoms with Gasteiger partial charge in [0.05, 0.1) is 7.11 Å². The summed E-state index contributed by atoms with van der Waals surface area (Å²) in [5, 5.41) is 1.24. The Bertz CT molecular complexity index is 168. The number of allylic oxidation sites excluding steroid dienone is 1. The van der Waals surface area contributed by atoms with Crippen LogP contribution >= 0.6 is 0 Å². The van der Waals surface area contributed by atoms with Crippen LogP contribution in [0.5, 0.6) is 0 Å². The van der Waals surface area contributed by atoms with Gasteiger partial charge in [-0.2, -0.15) is 0 Å². The quantitative estimate of drug-likeness (QED) is 0.473. The van der Waals surface area contributed by atoms with E-state index in [1.807, 2.05) is 13.8 Å². The summed E-state index contributed by atoms with van der Waals surface area (Å²) >= 11 is 0. The molecule has 3 heteroatoms. The molecule has 0 saturated heterocycles. The number of carbonyl (C=O) groups excluding carboxylic acids is 1. The fourth-order valence-corrected chi connectivity index (χ4v) is 0.806. The molecule has 3 nitrogen and oxygen atoms in total. The van der Waals surface area contributed by atoms with E-state index in [1.165, 1.54) is 12.2 Å². The van der Waals surface area contributed by atoms with Crippen LogP contribution in [0.3, 0.4) is 0 Å². The van der Waals surface area contributed by atoms with E-state index in [-0.39, 0.29) is 17.7 Å². The molecule has 0 spiro atoms. The second-order valence-corrected chi connectivity index (χ2v) is 2.90. The highest BCUT2D eigenvalue weighted by molar-refractivity contribution is 5.77. The lowest BCUT2D eigenvalue weighted by Crippen LogP contribution is -2.33. The summed E-state index contributed by atoms with van der Waals surface area (Å²) < 4.78 is 0. The zero-order valence-electron chi connectivity index (χ0n) is 8.20. The Labute approximate surface area is 74.0 Å². The lowest BCUT2D eigenvalue weighted by Gasteiger charge is -2.21. The van der Waals surface area contributed by atoms with Crippen molar-refractivity contribution in [1.29, 1.82) is 0 Å². The zero-order chi connectivity index (χ0) is 9.72. The molecule has 0 saturated carbocycles. The summed E-state index contributed by atoms with van der Waals surface area (Å²) in [6, 6.07) is 0. The van der Waals surface area contributed by atoms with Gasteiger partial charge < -0.3 is 0 Å². The van der Waals surface area contributed by atoms with Crippen molar-refractivity contribution >= 4 is 5.91 Å². The summed E-state index contributed by atoms with van der Waals surface area (Å²) in [5.74, 6) is 0.0763. The molecule has 0 heterocycles. The molecular formula is C9H17NO2. The number of hydroxylamine groups is 2. The Kier molecular flexibility index (Phi) is 4.59. The van der Waals surface area contributed by atoms with E-state index in [1.54, 1.807) is 13.1 Å². The van der Waals surface area contributed by atoms with Gasteiger partial charge in [-0.05, 0) is 5.92 Å². The van der Waals surface area contributed by atoms with Crippen LogP contribution in [0.2, 0.25) is 0 Å². The summed E-state index contributed by atoms with van der Waals surface area (Å²) in [7, 11) is 3.08. The molecule has 0 N–H and O–H groups in total. The molecule has 12 heavy (non-hydrogen) atoms. The van der Waals surface area contributed by atoms with E-state index in [4.69, 9.17) is 4.84 Å². The summed E-state index contributed by atoms with van der Waals surface area (Å²) in [5.41, 5.74) is 0. The van der Waals surface area contributed by atoms with Gasteiger partial charge in [0.25, 0.3) is 0 Å². The van der Waals surface area contributed by atoms with E-state index in [9.17, 15) is 4.79 Å². The second kappa shape index (κ2) is 4.93. The molecule has 70 valence electrons. The number of hydrogen-bond donors (Lipinski definition) is 0. The number of hydrogen-bond acceptors (Lipinski definition) is 2. The van der Waals surface area contributed by atoms with E-state index in [0.717, 1.165) is 0 Å². The zero-order valence-corrected chi connectivity index (χ0v) is 8.20. The van der Waals surface area contributed by atoms with Gasteiger partial charge in [-0.25, -0.2) is 5.06 Å². The van der Waals surface area contributed by atoms with E-state index < -0.39 is 0 Å². The minimum Gasteiger partial charge on any atom is -0.275 e. The molecule has 0 bridgehead atoms. The molecule has 0 rings (SSSR count). The molecule has 0 aliphatic carbocycles. The Hall–Kier alpha value is -0.830. The summed E-state index contributed by atoms with van der Waals surface area (Å²) in [4.78, 5) is 16.2. The molecule has 0 aliphatic heterocycles. The highest BCUT2D eigenvalue weighted by atomic mass is 16.7. The first kappa shape index (κ1) is 11.2. The van der Waals surface area contributed by atoms with Gasteiger partial charge in [-0.3, -0.25) is 9.63 Å². The Morgan fingerprint density at radius 2 is 2.08 bits per heavy atom. The van der Waals surface area contributed by atoms with E-state index >= 15 is 0 Å². The van der Waals surface area contributed by atoms with Crippen LogP contribution < -0.4 is 0 Å². The average molecular weight is 171 g/mol. The maximum atomic E-state index is 11.4. The fourth-order valence-electron chi connectivity index (χ4n) is 0.806. The minimum absolute atomic E-state index is 0.0232. The monoisotopic (exact) mass is 171 g/mol. The first-order valence-corrected chi connectivity index (χ1v) is 3.98. The first-order valence-electron chi connectivity index (χ1n) is 3.98. The van der Waals surface area contributed by atoms with Crippen molar-refractivity contribution < 1.29 is 9.63 Å². The Balaban J connectivity index is 4.18. The van der Waals surface area contributed by atoms with Gasteiger partial charge in [0.15, 0.2) is 0 Å². The fraction of sp³-hybridized carbons (Fsp3) is 0.667. The number of amides is 1. The molecule has 0 aliphatic rings. The van der Waals surface area contributed by atoms with Crippen LogP contribution in [0.1, 0.15) is 13.8 Å². The molecule has 0 fully saturated rings. The van der Waals surface area contributed by atoms with Crippen molar-refractivity contribution in [2.24, 2.45) is 11.8 Å². The topological polar surface area (TPSA) is 29.5 Å². The van der Waals surface area contributed by atoms with Gasteiger partial charge in [0, 0.05) is 13.0 Å². The molecule has 0 aromatic rings. The van der Waals surface area contributed by atoms with Crippen LogP contribution in [-0.4, -0.2) is 25.1 Å². The molecule has 1 amide bonds. The van der Waals surface area contributed by atoms with Gasteiger partial charge in [-0.15, -0.1) is 6.58 Å². The predicted molar refractivity (Wildman–Crippen MR) is 48.3 cm³/mol. The predicted octanol–water partition coefficient (Wildman–Crippen LogP) is 1.46. The molecular weight excluding hydrogens is 154 g/mol. The lowest BCUT2D eigenvalue weighted by molar-refractivity contribution is -0.173. The minimum atomic E-state index is -0.0764. The van der Waals surface area contributed by atoms with Crippen LogP contribution in [0.4, 0.5) is 0 Å². The van der Waals surface area contributed by atoms with Crippen molar-refractivity contribution in [1.82, 2.24) is 5.06 Å². The molecule has 0 unspecified atom stereocenters. The highest BCUT2D eigenvalue weighted by Gasteiger charge is 2.21. The van der Waals surface area contributed by atoms with Crippen LogP contribution in [0, 0.1) is 11.8 Å². The third-order valence-corrected chi connectivity index (χ3v) is 2.13. The molecule has 0 aromatic carbocycles. The maximum absolute atomic E-state index is 11.4. The summed E-state index contributed by atoms with van der Waals surface area (Å²) in [6.07, 6.45) is 1.77.